The van der Waals surface area contributed by atoms with Crippen LogP contribution < -0.4 is 11.2 Å². The van der Waals surface area contributed by atoms with Gasteiger partial charge in [-0.1, -0.05) is 18.2 Å². The standard InChI is InChI=1S/C19H15N5O3/c1-21-16-15(17(25)22(2)19(21)26)23-11-13(14-9-6-10-27-14)24(18(23)20-16)12-7-4-3-5-8-12/h3-11H,1-2H3. The van der Waals surface area contributed by atoms with Gasteiger partial charge in [0.1, 0.15) is 5.69 Å². The topological polar surface area (TPSA) is 79.4 Å². The molecule has 0 radical (unpaired) electrons. The summed E-state index contributed by atoms with van der Waals surface area (Å²) < 4.78 is 11.7. The number of hydrogen-bond donors (Lipinski definition) is 0. The Hall–Kier alpha value is -3.81. The van der Waals surface area contributed by atoms with Gasteiger partial charge < -0.3 is 4.42 Å². The molecule has 0 spiro atoms. The van der Waals surface area contributed by atoms with E-state index in [-0.39, 0.29) is 0 Å². The largest absolute Gasteiger partial charge is 0.463 e. The van der Waals surface area contributed by atoms with E-state index in [9.17, 15) is 9.59 Å². The lowest BCUT2D eigenvalue weighted by atomic mass is 10.3. The van der Waals surface area contributed by atoms with Crippen LogP contribution in [0.3, 0.4) is 0 Å². The third-order valence-electron chi connectivity index (χ3n) is 4.75. The van der Waals surface area contributed by atoms with E-state index in [1.54, 1.807) is 23.8 Å². The third kappa shape index (κ3) is 2.00. The van der Waals surface area contributed by atoms with E-state index in [2.05, 4.69) is 4.98 Å². The van der Waals surface area contributed by atoms with E-state index in [0.29, 0.717) is 22.7 Å². The van der Waals surface area contributed by atoms with Crippen LogP contribution >= 0.6 is 0 Å². The molecule has 0 atom stereocenters. The molecule has 5 rings (SSSR count). The molecule has 8 heteroatoms. The summed E-state index contributed by atoms with van der Waals surface area (Å²) in [5.74, 6) is 1.18. The highest BCUT2D eigenvalue weighted by atomic mass is 16.3. The van der Waals surface area contributed by atoms with Crippen molar-refractivity contribution in [3.8, 4) is 17.1 Å². The fraction of sp³-hybridized carbons (Fsp3) is 0.105. The Bertz CT molecular complexity index is 1420. The summed E-state index contributed by atoms with van der Waals surface area (Å²) >= 11 is 0. The molecule has 27 heavy (non-hydrogen) atoms. The average Bonchev–Trinajstić information content (AvgIpc) is 3.39. The number of imidazole rings is 2. The van der Waals surface area contributed by atoms with Crippen LogP contribution in [-0.4, -0.2) is 23.1 Å². The number of aryl methyl sites for hydroxylation is 1. The molecule has 0 saturated heterocycles. The number of para-hydroxylation sites is 1. The van der Waals surface area contributed by atoms with Gasteiger partial charge in [-0.05, 0) is 24.3 Å². The summed E-state index contributed by atoms with van der Waals surface area (Å²) in [7, 11) is 3.07. The lowest BCUT2D eigenvalue weighted by Crippen LogP contribution is -2.37. The van der Waals surface area contributed by atoms with Crippen molar-refractivity contribution in [3.05, 3.63) is 75.8 Å². The zero-order valence-corrected chi connectivity index (χ0v) is 14.7. The van der Waals surface area contributed by atoms with Gasteiger partial charge in [0.15, 0.2) is 16.9 Å². The van der Waals surface area contributed by atoms with Crippen LogP contribution in [0.4, 0.5) is 0 Å². The molecule has 0 fully saturated rings. The molecule has 0 amide bonds. The number of benzene rings is 1. The van der Waals surface area contributed by atoms with Gasteiger partial charge in [0.05, 0.1) is 6.26 Å². The number of hydrogen-bond acceptors (Lipinski definition) is 4. The van der Waals surface area contributed by atoms with Crippen LogP contribution in [0, 0.1) is 0 Å². The van der Waals surface area contributed by atoms with Crippen molar-refractivity contribution in [2.45, 2.75) is 0 Å². The van der Waals surface area contributed by atoms with Crippen molar-refractivity contribution in [1.29, 1.82) is 0 Å². The summed E-state index contributed by atoms with van der Waals surface area (Å²) in [6.45, 7) is 0. The normalized spacial score (nSPS) is 11.6. The Morgan fingerprint density at radius 1 is 0.963 bits per heavy atom. The first-order valence-electron chi connectivity index (χ1n) is 8.37. The van der Waals surface area contributed by atoms with E-state index in [0.717, 1.165) is 15.9 Å². The SMILES string of the molecule is Cn1c(=O)c2c(nc3n(-c4ccccc4)c(-c4ccco4)cn23)n(C)c1=O. The van der Waals surface area contributed by atoms with Gasteiger partial charge in [-0.3, -0.25) is 22.9 Å². The number of aromatic nitrogens is 5. The smallest absolute Gasteiger partial charge is 0.332 e. The van der Waals surface area contributed by atoms with Gasteiger partial charge in [-0.25, -0.2) is 4.79 Å². The van der Waals surface area contributed by atoms with Crippen LogP contribution in [0.1, 0.15) is 0 Å². The van der Waals surface area contributed by atoms with Gasteiger partial charge in [0.2, 0.25) is 5.78 Å². The van der Waals surface area contributed by atoms with Gasteiger partial charge in [0, 0.05) is 26.0 Å². The average molecular weight is 361 g/mol. The number of fused-ring (bicyclic) bond motifs is 3. The minimum absolute atomic E-state index is 0.341. The van der Waals surface area contributed by atoms with Gasteiger partial charge in [-0.15, -0.1) is 0 Å². The Morgan fingerprint density at radius 2 is 1.74 bits per heavy atom. The summed E-state index contributed by atoms with van der Waals surface area (Å²) in [5.41, 5.74) is 1.51. The minimum atomic E-state index is -0.411. The minimum Gasteiger partial charge on any atom is -0.463 e. The first-order chi connectivity index (χ1) is 13.1. The molecule has 0 aliphatic rings. The summed E-state index contributed by atoms with van der Waals surface area (Å²) in [5, 5.41) is 0. The first-order valence-corrected chi connectivity index (χ1v) is 8.37. The molecule has 0 aliphatic heterocycles. The van der Waals surface area contributed by atoms with Crippen molar-refractivity contribution in [3.63, 3.8) is 0 Å². The summed E-state index contributed by atoms with van der Waals surface area (Å²) in [6.07, 6.45) is 3.41. The van der Waals surface area contributed by atoms with E-state index in [1.807, 2.05) is 47.2 Å². The highest BCUT2D eigenvalue weighted by Crippen LogP contribution is 2.28. The molecule has 0 bridgehead atoms. The Kier molecular flexibility index (Phi) is 3.06. The van der Waals surface area contributed by atoms with E-state index in [1.165, 1.54) is 11.6 Å². The second kappa shape index (κ2) is 5.34. The highest BCUT2D eigenvalue weighted by Gasteiger charge is 2.22. The second-order valence-electron chi connectivity index (χ2n) is 6.32. The molecule has 0 N–H and O–H groups in total. The van der Waals surface area contributed by atoms with Crippen LogP contribution in [0.2, 0.25) is 0 Å². The Morgan fingerprint density at radius 3 is 2.44 bits per heavy atom. The van der Waals surface area contributed by atoms with Gasteiger partial charge >= 0.3 is 5.69 Å². The van der Waals surface area contributed by atoms with E-state index < -0.39 is 11.2 Å². The first kappa shape index (κ1) is 15.4. The monoisotopic (exact) mass is 361 g/mol. The zero-order chi connectivity index (χ0) is 18.7. The van der Waals surface area contributed by atoms with Crippen molar-refractivity contribution in [1.82, 2.24) is 23.1 Å². The van der Waals surface area contributed by atoms with Crippen LogP contribution in [0.5, 0.6) is 0 Å². The fourth-order valence-electron chi connectivity index (χ4n) is 3.40. The molecule has 8 nitrogen and oxygen atoms in total. The predicted octanol–water partition coefficient (Wildman–Crippen LogP) is 1.94. The maximum absolute atomic E-state index is 12.8. The predicted molar refractivity (Wildman–Crippen MR) is 100 cm³/mol. The molecule has 4 aromatic heterocycles. The molecule has 0 aliphatic carbocycles. The molecule has 134 valence electrons. The third-order valence-corrected chi connectivity index (χ3v) is 4.75. The summed E-state index contributed by atoms with van der Waals surface area (Å²) in [4.78, 5) is 29.7. The molecular formula is C19H15N5O3. The van der Waals surface area contributed by atoms with Crippen molar-refractivity contribution < 1.29 is 4.42 Å². The number of rotatable bonds is 2. The lowest BCUT2D eigenvalue weighted by Gasteiger charge is -2.06. The second-order valence-corrected chi connectivity index (χ2v) is 6.32. The van der Waals surface area contributed by atoms with Gasteiger partial charge in [0.25, 0.3) is 5.56 Å². The van der Waals surface area contributed by atoms with Gasteiger partial charge in [-0.2, -0.15) is 4.98 Å². The van der Waals surface area contributed by atoms with E-state index >= 15 is 0 Å². The van der Waals surface area contributed by atoms with Crippen molar-refractivity contribution >= 4 is 16.9 Å². The van der Waals surface area contributed by atoms with E-state index in [4.69, 9.17) is 4.42 Å². The Balaban J connectivity index is 2.01. The number of furan rings is 1. The molecule has 5 aromatic rings. The Labute approximate surface area is 152 Å². The molecule has 4 heterocycles. The van der Waals surface area contributed by atoms with Crippen LogP contribution in [-0.2, 0) is 14.1 Å². The highest BCUT2D eigenvalue weighted by molar-refractivity contribution is 5.78. The molecular weight excluding hydrogens is 346 g/mol. The maximum atomic E-state index is 12.8. The molecule has 0 saturated carbocycles. The summed E-state index contributed by atoms with van der Waals surface area (Å²) in [6, 6.07) is 13.3. The van der Waals surface area contributed by atoms with Crippen LogP contribution in [0.15, 0.2) is 68.9 Å². The van der Waals surface area contributed by atoms with Crippen molar-refractivity contribution in [2.75, 3.05) is 0 Å². The number of nitrogens with zero attached hydrogens (tertiary/aromatic N) is 5. The molecule has 0 unspecified atom stereocenters. The van der Waals surface area contributed by atoms with Crippen molar-refractivity contribution in [2.24, 2.45) is 14.1 Å². The lowest BCUT2D eigenvalue weighted by molar-refractivity contribution is 0.579. The fourth-order valence-corrected chi connectivity index (χ4v) is 3.40. The molecule has 1 aromatic carbocycles. The zero-order valence-electron chi connectivity index (χ0n) is 14.7. The van der Waals surface area contributed by atoms with Crippen LogP contribution in [0.25, 0.3) is 34.1 Å². The maximum Gasteiger partial charge on any atom is 0.332 e. The quantitative estimate of drug-likeness (QED) is 0.481.